The molecule has 6 nitrogen and oxygen atoms in total. The Labute approximate surface area is 114 Å². The van der Waals surface area contributed by atoms with Gasteiger partial charge in [-0.2, -0.15) is 13.1 Å². The van der Waals surface area contributed by atoms with Crippen LogP contribution in [0.3, 0.4) is 0 Å². The fraction of sp³-hybridized carbons (Fsp3) is 0.500. The van der Waals surface area contributed by atoms with Crippen molar-refractivity contribution in [3.63, 3.8) is 0 Å². The Hall–Kier alpha value is -1.31. The van der Waals surface area contributed by atoms with Crippen molar-refractivity contribution in [2.45, 2.75) is 13.8 Å². The predicted octanol–water partition coefficient (Wildman–Crippen LogP) is 0.728. The number of rotatable bonds is 8. The summed E-state index contributed by atoms with van der Waals surface area (Å²) < 4.78 is 33.2. The minimum Gasteiger partial charge on any atom is -0.490 e. The molecular formula is C12H21N3O3S. The predicted molar refractivity (Wildman–Crippen MR) is 76.1 cm³/mol. The van der Waals surface area contributed by atoms with Gasteiger partial charge < -0.3 is 10.5 Å². The summed E-state index contributed by atoms with van der Waals surface area (Å²) in [5.74, 6) is 0.814. The molecule has 1 aromatic rings. The van der Waals surface area contributed by atoms with Crippen molar-refractivity contribution in [3.05, 3.63) is 24.3 Å². The number of nitrogen functional groups attached to an aromatic ring is 1. The summed E-state index contributed by atoms with van der Waals surface area (Å²) in [6.45, 7) is 4.67. The molecule has 7 heteroatoms. The molecule has 0 spiro atoms. The molecule has 0 saturated heterocycles. The molecule has 0 fully saturated rings. The lowest BCUT2D eigenvalue weighted by Gasteiger charge is -2.11. The van der Waals surface area contributed by atoms with E-state index in [4.69, 9.17) is 10.5 Å². The first-order chi connectivity index (χ1) is 8.91. The fourth-order valence-electron chi connectivity index (χ4n) is 1.28. The molecule has 4 N–H and O–H groups in total. The molecule has 1 aromatic carbocycles. The Kier molecular flexibility index (Phi) is 6.07. The van der Waals surface area contributed by atoms with Crippen molar-refractivity contribution < 1.29 is 13.2 Å². The number of anilines is 1. The van der Waals surface area contributed by atoms with E-state index in [1.807, 2.05) is 13.8 Å². The number of hydrogen-bond donors (Lipinski definition) is 3. The highest BCUT2D eigenvalue weighted by Gasteiger charge is 2.09. The summed E-state index contributed by atoms with van der Waals surface area (Å²) in [5, 5.41) is 0. The number of nitrogens with two attached hydrogens (primary N) is 1. The molecule has 0 atom stereocenters. The van der Waals surface area contributed by atoms with E-state index in [0.717, 1.165) is 0 Å². The first-order valence-electron chi connectivity index (χ1n) is 6.12. The molecule has 0 saturated carbocycles. The quantitative estimate of drug-likeness (QED) is 0.485. The number of ether oxygens (including phenoxy) is 1. The zero-order valence-electron chi connectivity index (χ0n) is 11.2. The second-order valence-electron chi connectivity index (χ2n) is 4.53. The van der Waals surface area contributed by atoms with Gasteiger partial charge in [0.15, 0.2) is 0 Å². The van der Waals surface area contributed by atoms with Gasteiger partial charge in [0.25, 0.3) is 10.2 Å². The highest BCUT2D eigenvalue weighted by molar-refractivity contribution is 7.87. The molecule has 1 rings (SSSR count). The Morgan fingerprint density at radius 1 is 1.26 bits per heavy atom. The van der Waals surface area contributed by atoms with Crippen LogP contribution in [-0.4, -0.2) is 28.1 Å². The maximum atomic E-state index is 11.5. The third-order valence-corrected chi connectivity index (χ3v) is 3.38. The lowest BCUT2D eigenvalue weighted by molar-refractivity contribution is 0.324. The molecule has 0 unspecified atom stereocenters. The van der Waals surface area contributed by atoms with Crippen LogP contribution in [0.15, 0.2) is 24.3 Å². The molecule has 0 aliphatic carbocycles. The van der Waals surface area contributed by atoms with Crippen molar-refractivity contribution in [1.82, 2.24) is 9.44 Å². The molecule has 0 aliphatic heterocycles. The van der Waals surface area contributed by atoms with Gasteiger partial charge >= 0.3 is 0 Å². The first kappa shape index (κ1) is 15.7. The largest absolute Gasteiger partial charge is 0.490 e. The lowest BCUT2D eigenvalue weighted by atomic mass is 10.2. The monoisotopic (exact) mass is 287 g/mol. The van der Waals surface area contributed by atoms with Crippen LogP contribution in [0.2, 0.25) is 0 Å². The summed E-state index contributed by atoms with van der Waals surface area (Å²) in [6.07, 6.45) is 0. The minimum absolute atomic E-state index is 0.182. The standard InChI is InChI=1S/C12H21N3O3S/c1-10(2)9-15-19(16,17)14-7-8-18-12-6-4-3-5-11(12)13/h3-6,10,14-15H,7-9,13H2,1-2H3. The van der Waals surface area contributed by atoms with E-state index in [2.05, 4.69) is 9.44 Å². The average molecular weight is 287 g/mol. The second-order valence-corrected chi connectivity index (χ2v) is 6.11. The number of benzene rings is 1. The van der Waals surface area contributed by atoms with Crippen molar-refractivity contribution in [2.75, 3.05) is 25.4 Å². The molecule has 108 valence electrons. The Morgan fingerprint density at radius 2 is 1.95 bits per heavy atom. The summed E-state index contributed by atoms with van der Waals surface area (Å²) in [7, 11) is -3.45. The third kappa shape index (κ3) is 6.42. The minimum atomic E-state index is -3.45. The van der Waals surface area contributed by atoms with Gasteiger partial charge in [-0.05, 0) is 18.1 Å². The van der Waals surface area contributed by atoms with Gasteiger partial charge in [0, 0.05) is 13.1 Å². The highest BCUT2D eigenvalue weighted by Crippen LogP contribution is 2.19. The molecule has 0 heterocycles. The molecule has 0 aromatic heterocycles. The SMILES string of the molecule is CC(C)CNS(=O)(=O)NCCOc1ccccc1N. The van der Waals surface area contributed by atoms with E-state index in [1.165, 1.54) is 0 Å². The van der Waals surface area contributed by atoms with Gasteiger partial charge in [0.05, 0.1) is 5.69 Å². The van der Waals surface area contributed by atoms with Crippen LogP contribution in [0.25, 0.3) is 0 Å². The first-order valence-corrected chi connectivity index (χ1v) is 7.60. The van der Waals surface area contributed by atoms with E-state index < -0.39 is 10.2 Å². The van der Waals surface area contributed by atoms with Crippen LogP contribution >= 0.6 is 0 Å². The summed E-state index contributed by atoms with van der Waals surface area (Å²) in [5.41, 5.74) is 6.22. The van der Waals surface area contributed by atoms with Gasteiger partial charge in [0.1, 0.15) is 12.4 Å². The van der Waals surface area contributed by atoms with Gasteiger partial charge in [-0.25, -0.2) is 4.72 Å². The van der Waals surface area contributed by atoms with E-state index in [1.54, 1.807) is 24.3 Å². The van der Waals surface area contributed by atoms with Gasteiger partial charge in [0.2, 0.25) is 0 Å². The Morgan fingerprint density at radius 3 is 2.58 bits per heavy atom. The third-order valence-electron chi connectivity index (χ3n) is 2.25. The summed E-state index contributed by atoms with van der Waals surface area (Å²) in [4.78, 5) is 0. The van der Waals surface area contributed by atoms with Crippen LogP contribution in [0.1, 0.15) is 13.8 Å². The normalized spacial score (nSPS) is 11.7. The molecule has 0 bridgehead atoms. The summed E-state index contributed by atoms with van der Waals surface area (Å²) >= 11 is 0. The van der Waals surface area contributed by atoms with Crippen LogP contribution in [0.5, 0.6) is 5.75 Å². The lowest BCUT2D eigenvalue weighted by Crippen LogP contribution is -2.40. The Bertz CT molecular complexity index is 489. The van der Waals surface area contributed by atoms with Crippen LogP contribution in [-0.2, 0) is 10.2 Å². The Balaban J connectivity index is 2.29. The fourth-order valence-corrected chi connectivity index (χ4v) is 2.28. The van der Waals surface area contributed by atoms with Crippen molar-refractivity contribution >= 4 is 15.9 Å². The zero-order valence-corrected chi connectivity index (χ0v) is 12.0. The topological polar surface area (TPSA) is 93.5 Å². The van der Waals surface area contributed by atoms with E-state index in [0.29, 0.717) is 18.0 Å². The second kappa shape index (κ2) is 7.32. The van der Waals surface area contributed by atoms with Crippen molar-refractivity contribution in [2.24, 2.45) is 5.92 Å². The van der Waals surface area contributed by atoms with Gasteiger partial charge in [-0.15, -0.1) is 0 Å². The zero-order chi connectivity index (χ0) is 14.3. The van der Waals surface area contributed by atoms with E-state index >= 15 is 0 Å². The summed E-state index contributed by atoms with van der Waals surface area (Å²) in [6, 6.07) is 7.07. The average Bonchev–Trinajstić information content (AvgIpc) is 2.34. The number of para-hydroxylation sites is 2. The maximum absolute atomic E-state index is 11.5. The molecule has 19 heavy (non-hydrogen) atoms. The number of hydrogen-bond acceptors (Lipinski definition) is 4. The van der Waals surface area contributed by atoms with Crippen molar-refractivity contribution in [1.29, 1.82) is 0 Å². The van der Waals surface area contributed by atoms with Crippen LogP contribution in [0, 0.1) is 5.92 Å². The van der Waals surface area contributed by atoms with Crippen molar-refractivity contribution in [3.8, 4) is 5.75 Å². The van der Waals surface area contributed by atoms with E-state index in [9.17, 15) is 8.42 Å². The highest BCUT2D eigenvalue weighted by atomic mass is 32.2. The number of nitrogens with one attached hydrogen (secondary N) is 2. The molecular weight excluding hydrogens is 266 g/mol. The van der Waals surface area contributed by atoms with Crippen LogP contribution < -0.4 is 19.9 Å². The van der Waals surface area contributed by atoms with E-state index in [-0.39, 0.29) is 19.1 Å². The maximum Gasteiger partial charge on any atom is 0.277 e. The van der Waals surface area contributed by atoms with Crippen LogP contribution in [0.4, 0.5) is 5.69 Å². The molecule has 0 amide bonds. The van der Waals surface area contributed by atoms with Gasteiger partial charge in [-0.1, -0.05) is 26.0 Å². The molecule has 0 radical (unpaired) electrons. The smallest absolute Gasteiger partial charge is 0.277 e. The molecule has 0 aliphatic rings. The van der Waals surface area contributed by atoms with Gasteiger partial charge in [-0.3, -0.25) is 0 Å².